The van der Waals surface area contributed by atoms with Crippen LogP contribution in [-0.4, -0.2) is 35.1 Å². The molecule has 7 heteroatoms. The number of hydrogen-bond donors (Lipinski definition) is 4. The van der Waals surface area contributed by atoms with E-state index < -0.39 is 30.4 Å². The van der Waals surface area contributed by atoms with Crippen LogP contribution in [0.4, 0.5) is 4.79 Å². The number of primary amides is 1. The summed E-state index contributed by atoms with van der Waals surface area (Å²) in [5, 5.41) is 13.6. The smallest absolute Gasteiger partial charge is 0.326 e. The summed E-state index contributed by atoms with van der Waals surface area (Å²) in [6, 6.07) is -1.73. The first-order valence-corrected chi connectivity index (χ1v) is 5.52. The highest BCUT2D eigenvalue weighted by molar-refractivity contribution is 5.87. The van der Waals surface area contributed by atoms with Crippen molar-refractivity contribution in [2.24, 2.45) is 11.7 Å². The number of carboxylic acid groups (broad SMARTS) is 1. The first kappa shape index (κ1) is 13.3. The van der Waals surface area contributed by atoms with Crippen LogP contribution in [0.5, 0.6) is 0 Å². The standard InChI is InChI=1S/C10H17N3O4/c1-2-5-3-6(5)12-10(17)13-7(9(15)16)4-8(11)14/h5-7H,2-4H2,1H3,(H2,11,14)(H,15,16)(H2,12,13,17)/t5?,6?,7-/m1/s1. The van der Waals surface area contributed by atoms with Crippen LogP contribution in [0.3, 0.4) is 0 Å². The molecule has 0 aliphatic heterocycles. The molecule has 1 rings (SSSR count). The summed E-state index contributed by atoms with van der Waals surface area (Å²) in [4.78, 5) is 32.8. The van der Waals surface area contributed by atoms with Crippen LogP contribution >= 0.6 is 0 Å². The van der Waals surface area contributed by atoms with Crippen molar-refractivity contribution in [1.82, 2.24) is 10.6 Å². The van der Waals surface area contributed by atoms with Crippen LogP contribution in [-0.2, 0) is 9.59 Å². The highest BCUT2D eigenvalue weighted by Gasteiger charge is 2.37. The van der Waals surface area contributed by atoms with Gasteiger partial charge in [-0.3, -0.25) is 4.79 Å². The van der Waals surface area contributed by atoms with Gasteiger partial charge >= 0.3 is 12.0 Å². The Bertz CT molecular complexity index is 332. The van der Waals surface area contributed by atoms with E-state index in [2.05, 4.69) is 10.6 Å². The molecule has 0 aromatic carbocycles. The lowest BCUT2D eigenvalue weighted by molar-refractivity contribution is -0.140. The lowest BCUT2D eigenvalue weighted by Crippen LogP contribution is -2.48. The average molecular weight is 243 g/mol. The Morgan fingerprint density at radius 3 is 2.53 bits per heavy atom. The maximum absolute atomic E-state index is 11.4. The highest BCUT2D eigenvalue weighted by Crippen LogP contribution is 2.32. The van der Waals surface area contributed by atoms with Crippen molar-refractivity contribution in [1.29, 1.82) is 0 Å². The normalized spacial score (nSPS) is 23.6. The van der Waals surface area contributed by atoms with E-state index in [1.54, 1.807) is 0 Å². The van der Waals surface area contributed by atoms with Crippen molar-refractivity contribution < 1.29 is 19.5 Å². The van der Waals surface area contributed by atoms with E-state index in [9.17, 15) is 14.4 Å². The minimum Gasteiger partial charge on any atom is -0.480 e. The predicted octanol–water partition coefficient (Wildman–Crippen LogP) is -0.587. The van der Waals surface area contributed by atoms with Crippen LogP contribution in [0.2, 0.25) is 0 Å². The molecule has 17 heavy (non-hydrogen) atoms. The molecule has 0 saturated heterocycles. The van der Waals surface area contributed by atoms with Gasteiger partial charge < -0.3 is 21.5 Å². The summed E-state index contributed by atoms with van der Waals surface area (Å²) in [6.45, 7) is 2.03. The van der Waals surface area contributed by atoms with Gasteiger partial charge in [0.15, 0.2) is 0 Å². The molecule has 0 aromatic rings. The molecule has 2 unspecified atom stereocenters. The van der Waals surface area contributed by atoms with E-state index in [4.69, 9.17) is 10.8 Å². The van der Waals surface area contributed by atoms with Gasteiger partial charge in [0.2, 0.25) is 5.91 Å². The second kappa shape index (κ2) is 5.51. The molecule has 96 valence electrons. The van der Waals surface area contributed by atoms with Gasteiger partial charge in [0.05, 0.1) is 6.42 Å². The quantitative estimate of drug-likeness (QED) is 0.498. The van der Waals surface area contributed by atoms with Gasteiger partial charge in [0, 0.05) is 6.04 Å². The Hall–Kier alpha value is -1.79. The Labute approximate surface area is 98.7 Å². The van der Waals surface area contributed by atoms with E-state index in [0.29, 0.717) is 5.92 Å². The number of hydrogen-bond acceptors (Lipinski definition) is 3. The van der Waals surface area contributed by atoms with Crippen LogP contribution < -0.4 is 16.4 Å². The molecule has 0 heterocycles. The van der Waals surface area contributed by atoms with Gasteiger partial charge in [-0.05, 0) is 12.3 Å². The molecule has 0 aromatic heterocycles. The molecule has 1 fully saturated rings. The van der Waals surface area contributed by atoms with Gasteiger partial charge in [0.1, 0.15) is 6.04 Å². The minimum absolute atomic E-state index is 0.114. The zero-order chi connectivity index (χ0) is 13.0. The fourth-order valence-corrected chi connectivity index (χ4v) is 1.65. The number of rotatable bonds is 6. The molecule has 0 bridgehead atoms. The summed E-state index contributed by atoms with van der Waals surface area (Å²) < 4.78 is 0. The van der Waals surface area contributed by atoms with E-state index in [1.165, 1.54) is 0 Å². The van der Waals surface area contributed by atoms with Gasteiger partial charge in [-0.25, -0.2) is 9.59 Å². The second-order valence-corrected chi connectivity index (χ2v) is 4.19. The average Bonchev–Trinajstić information content (AvgIpc) is 2.94. The number of nitrogens with one attached hydrogen (secondary N) is 2. The predicted molar refractivity (Wildman–Crippen MR) is 59.1 cm³/mol. The Morgan fingerprint density at radius 2 is 2.12 bits per heavy atom. The summed E-state index contributed by atoms with van der Waals surface area (Å²) in [6.07, 6.45) is 1.48. The lowest BCUT2D eigenvalue weighted by atomic mass is 10.2. The molecule has 3 atom stereocenters. The highest BCUT2D eigenvalue weighted by atomic mass is 16.4. The molecule has 7 nitrogen and oxygen atoms in total. The molecule has 0 spiro atoms. The number of urea groups is 1. The van der Waals surface area contributed by atoms with Crippen molar-refractivity contribution >= 4 is 17.9 Å². The zero-order valence-electron chi connectivity index (χ0n) is 9.60. The topological polar surface area (TPSA) is 122 Å². The Morgan fingerprint density at radius 1 is 1.47 bits per heavy atom. The first-order chi connectivity index (χ1) is 7.93. The summed E-state index contributed by atoms with van der Waals surface area (Å²) >= 11 is 0. The van der Waals surface area contributed by atoms with Crippen molar-refractivity contribution in [2.75, 3.05) is 0 Å². The fraction of sp³-hybridized carbons (Fsp3) is 0.700. The Kier molecular flexibility index (Phi) is 4.30. The SMILES string of the molecule is CCC1CC1NC(=O)N[C@H](CC(N)=O)C(=O)O. The third-order valence-electron chi connectivity index (χ3n) is 2.77. The molecule has 1 aliphatic rings. The van der Waals surface area contributed by atoms with Gasteiger partial charge in [0.25, 0.3) is 0 Å². The third-order valence-corrected chi connectivity index (χ3v) is 2.77. The molecule has 3 amide bonds. The van der Waals surface area contributed by atoms with E-state index in [0.717, 1.165) is 12.8 Å². The Balaban J connectivity index is 2.36. The molecular formula is C10H17N3O4. The number of nitrogens with two attached hydrogens (primary N) is 1. The molecule has 1 saturated carbocycles. The zero-order valence-corrected chi connectivity index (χ0v) is 9.60. The summed E-state index contributed by atoms with van der Waals surface area (Å²) in [7, 11) is 0. The van der Waals surface area contributed by atoms with Crippen LogP contribution in [0.15, 0.2) is 0 Å². The van der Waals surface area contributed by atoms with Crippen molar-refractivity contribution in [3.05, 3.63) is 0 Å². The second-order valence-electron chi connectivity index (χ2n) is 4.19. The van der Waals surface area contributed by atoms with Crippen molar-refractivity contribution in [3.8, 4) is 0 Å². The molecular weight excluding hydrogens is 226 g/mol. The summed E-state index contributed by atoms with van der Waals surface area (Å²) in [5.74, 6) is -1.57. The van der Waals surface area contributed by atoms with Crippen LogP contribution in [0, 0.1) is 5.92 Å². The number of carbonyl (C=O) groups excluding carboxylic acids is 2. The fourth-order valence-electron chi connectivity index (χ4n) is 1.65. The molecule has 0 radical (unpaired) electrons. The van der Waals surface area contributed by atoms with E-state index in [-0.39, 0.29) is 6.04 Å². The maximum Gasteiger partial charge on any atom is 0.326 e. The third kappa shape index (κ3) is 4.29. The summed E-state index contributed by atoms with van der Waals surface area (Å²) in [5.41, 5.74) is 4.89. The van der Waals surface area contributed by atoms with Crippen LogP contribution in [0.1, 0.15) is 26.2 Å². The minimum atomic E-state index is -1.28. The largest absolute Gasteiger partial charge is 0.480 e. The first-order valence-electron chi connectivity index (χ1n) is 5.52. The van der Waals surface area contributed by atoms with Crippen molar-refractivity contribution in [2.45, 2.75) is 38.3 Å². The number of carboxylic acids is 1. The number of amides is 3. The monoisotopic (exact) mass is 243 g/mol. The maximum atomic E-state index is 11.4. The number of carbonyl (C=O) groups is 3. The van der Waals surface area contributed by atoms with Crippen LogP contribution in [0.25, 0.3) is 0 Å². The van der Waals surface area contributed by atoms with E-state index in [1.807, 2.05) is 6.92 Å². The molecule has 1 aliphatic carbocycles. The van der Waals surface area contributed by atoms with Gasteiger partial charge in [-0.2, -0.15) is 0 Å². The lowest BCUT2D eigenvalue weighted by Gasteiger charge is -2.13. The van der Waals surface area contributed by atoms with Gasteiger partial charge in [-0.15, -0.1) is 0 Å². The van der Waals surface area contributed by atoms with Crippen molar-refractivity contribution in [3.63, 3.8) is 0 Å². The number of aliphatic carboxylic acids is 1. The van der Waals surface area contributed by atoms with E-state index >= 15 is 0 Å². The molecule has 5 N–H and O–H groups in total. The van der Waals surface area contributed by atoms with Gasteiger partial charge in [-0.1, -0.05) is 13.3 Å².